The van der Waals surface area contributed by atoms with Gasteiger partial charge in [-0.2, -0.15) is 4.31 Å². The Morgan fingerprint density at radius 3 is 2.63 bits per heavy atom. The lowest BCUT2D eigenvalue weighted by atomic mass is 10.00. The maximum atomic E-state index is 13.5. The number of para-hydroxylation sites is 1. The number of anilines is 1. The molecule has 0 saturated carbocycles. The molecule has 7 nitrogen and oxygen atoms in total. The van der Waals surface area contributed by atoms with Crippen LogP contribution in [0.15, 0.2) is 41.3 Å². The van der Waals surface area contributed by atoms with Crippen molar-refractivity contribution in [3.8, 4) is 5.75 Å². The first-order chi connectivity index (χ1) is 14.4. The largest absolute Gasteiger partial charge is 0.495 e. The third kappa shape index (κ3) is 3.80. The van der Waals surface area contributed by atoms with Gasteiger partial charge in [-0.05, 0) is 42.7 Å². The molecule has 0 unspecified atom stereocenters. The summed E-state index contributed by atoms with van der Waals surface area (Å²) in [5.74, 6) is 0.262. The van der Waals surface area contributed by atoms with Crippen LogP contribution in [-0.4, -0.2) is 58.6 Å². The Hall–Kier alpha value is -2.13. The number of fused-ring (bicyclic) bond motifs is 1. The number of ether oxygens (including phenoxy) is 2. The molecule has 1 amide bonds. The van der Waals surface area contributed by atoms with E-state index in [0.29, 0.717) is 31.2 Å². The zero-order valence-electron chi connectivity index (χ0n) is 16.6. The lowest BCUT2D eigenvalue weighted by Gasteiger charge is -2.31. The summed E-state index contributed by atoms with van der Waals surface area (Å²) < 4.78 is 38.2. The summed E-state index contributed by atoms with van der Waals surface area (Å²) in [5.41, 5.74) is 1.89. The topological polar surface area (TPSA) is 76.2 Å². The Morgan fingerprint density at radius 2 is 1.90 bits per heavy atom. The number of amides is 1. The van der Waals surface area contributed by atoms with Crippen LogP contribution in [0.5, 0.6) is 5.75 Å². The highest BCUT2D eigenvalue weighted by molar-refractivity contribution is 7.89. The van der Waals surface area contributed by atoms with E-state index in [2.05, 4.69) is 0 Å². The molecular formula is C21H23ClN2O5S. The third-order valence-corrected chi connectivity index (χ3v) is 7.65. The fraction of sp³-hybridized carbons (Fsp3) is 0.381. The molecule has 4 rings (SSSR count). The summed E-state index contributed by atoms with van der Waals surface area (Å²) in [6.45, 7) is 1.77. The standard InChI is InChI=1S/C21H23ClN2O5S/c1-28-19-6-2-4-15-5-3-9-24(20(15)19)21(25)17-14-16(7-8-18(17)22)30(26,27)23-10-12-29-13-11-23/h2,4,6-8,14H,3,5,9-13H2,1H3. The highest BCUT2D eigenvalue weighted by Crippen LogP contribution is 2.38. The zero-order chi connectivity index (χ0) is 21.3. The molecule has 30 heavy (non-hydrogen) atoms. The van der Waals surface area contributed by atoms with Crippen LogP contribution in [0.2, 0.25) is 5.02 Å². The molecule has 0 aromatic heterocycles. The smallest absolute Gasteiger partial charge is 0.259 e. The SMILES string of the molecule is COc1cccc2c1N(C(=O)c1cc(S(=O)(=O)N3CCOCC3)ccc1Cl)CCC2. The highest BCUT2D eigenvalue weighted by Gasteiger charge is 2.31. The summed E-state index contributed by atoms with van der Waals surface area (Å²) >= 11 is 6.34. The van der Waals surface area contributed by atoms with Gasteiger partial charge < -0.3 is 14.4 Å². The van der Waals surface area contributed by atoms with Crippen LogP contribution in [0.25, 0.3) is 0 Å². The maximum Gasteiger partial charge on any atom is 0.259 e. The number of hydrogen-bond acceptors (Lipinski definition) is 5. The molecule has 2 aromatic rings. The fourth-order valence-electron chi connectivity index (χ4n) is 3.89. The Morgan fingerprint density at radius 1 is 1.13 bits per heavy atom. The van der Waals surface area contributed by atoms with Gasteiger partial charge in [0, 0.05) is 19.6 Å². The molecule has 0 atom stereocenters. The second-order valence-corrected chi connectivity index (χ2v) is 9.53. The second kappa shape index (κ2) is 8.55. The van der Waals surface area contributed by atoms with Crippen molar-refractivity contribution in [2.24, 2.45) is 0 Å². The first kappa shape index (κ1) is 21.1. The van der Waals surface area contributed by atoms with Crippen molar-refractivity contribution < 1.29 is 22.7 Å². The van der Waals surface area contributed by atoms with Crippen LogP contribution in [0.1, 0.15) is 22.3 Å². The number of methoxy groups -OCH3 is 1. The van der Waals surface area contributed by atoms with E-state index in [9.17, 15) is 13.2 Å². The molecule has 2 aliphatic heterocycles. The Labute approximate surface area is 181 Å². The van der Waals surface area contributed by atoms with Crippen LogP contribution in [-0.2, 0) is 21.2 Å². The van der Waals surface area contributed by atoms with E-state index in [0.717, 1.165) is 18.4 Å². The van der Waals surface area contributed by atoms with Gasteiger partial charge in [-0.3, -0.25) is 4.79 Å². The number of halogens is 1. The normalized spacial score (nSPS) is 17.5. The van der Waals surface area contributed by atoms with Gasteiger partial charge >= 0.3 is 0 Å². The lowest BCUT2D eigenvalue weighted by molar-refractivity contribution is 0.0730. The fourth-order valence-corrected chi connectivity index (χ4v) is 5.53. The molecule has 0 spiro atoms. The van der Waals surface area contributed by atoms with Crippen LogP contribution < -0.4 is 9.64 Å². The summed E-state index contributed by atoms with van der Waals surface area (Å²) in [5, 5.41) is 0.211. The number of sulfonamides is 1. The van der Waals surface area contributed by atoms with Crippen molar-refractivity contribution in [2.45, 2.75) is 17.7 Å². The predicted molar refractivity (Wildman–Crippen MR) is 114 cm³/mol. The average molecular weight is 451 g/mol. The van der Waals surface area contributed by atoms with Crippen molar-refractivity contribution in [2.75, 3.05) is 44.9 Å². The van der Waals surface area contributed by atoms with Gasteiger partial charge in [0.1, 0.15) is 5.75 Å². The number of morpholine rings is 1. The number of aryl methyl sites for hydroxylation is 1. The van der Waals surface area contributed by atoms with Crippen molar-refractivity contribution >= 4 is 33.2 Å². The van der Waals surface area contributed by atoms with Crippen molar-refractivity contribution in [1.82, 2.24) is 4.31 Å². The number of carbonyl (C=O) groups is 1. The molecule has 0 bridgehead atoms. The first-order valence-corrected chi connectivity index (χ1v) is 11.6. The monoisotopic (exact) mass is 450 g/mol. The number of benzene rings is 2. The van der Waals surface area contributed by atoms with Crippen LogP contribution in [0, 0.1) is 0 Å². The minimum Gasteiger partial charge on any atom is -0.495 e. The van der Waals surface area contributed by atoms with E-state index in [1.54, 1.807) is 12.0 Å². The quantitative estimate of drug-likeness (QED) is 0.715. The highest BCUT2D eigenvalue weighted by atomic mass is 35.5. The molecule has 1 saturated heterocycles. The van der Waals surface area contributed by atoms with E-state index in [1.165, 1.54) is 22.5 Å². The van der Waals surface area contributed by atoms with Crippen molar-refractivity contribution in [1.29, 1.82) is 0 Å². The van der Waals surface area contributed by atoms with Crippen LogP contribution >= 0.6 is 11.6 Å². The summed E-state index contributed by atoms with van der Waals surface area (Å²) in [4.78, 5) is 15.1. The molecule has 0 N–H and O–H groups in total. The zero-order valence-corrected chi connectivity index (χ0v) is 18.2. The van der Waals surface area contributed by atoms with Gasteiger partial charge in [-0.1, -0.05) is 23.7 Å². The third-order valence-electron chi connectivity index (χ3n) is 5.42. The summed E-state index contributed by atoms with van der Waals surface area (Å²) in [6.07, 6.45) is 1.64. The second-order valence-electron chi connectivity index (χ2n) is 7.19. The van der Waals surface area contributed by atoms with Crippen LogP contribution in [0.4, 0.5) is 5.69 Å². The molecule has 1 fully saturated rings. The number of rotatable bonds is 4. The molecule has 0 radical (unpaired) electrons. The maximum absolute atomic E-state index is 13.5. The van der Waals surface area contributed by atoms with Gasteiger partial charge in [0.05, 0.1) is 41.5 Å². The molecule has 160 valence electrons. The summed E-state index contributed by atoms with van der Waals surface area (Å²) in [7, 11) is -2.17. The van der Waals surface area contributed by atoms with Gasteiger partial charge in [-0.15, -0.1) is 0 Å². The predicted octanol–water partition coefficient (Wildman–Crippen LogP) is 2.96. The van der Waals surface area contributed by atoms with Gasteiger partial charge in [0.25, 0.3) is 5.91 Å². The Bertz CT molecular complexity index is 1050. The number of nitrogens with zero attached hydrogens (tertiary/aromatic N) is 2. The summed E-state index contributed by atoms with van der Waals surface area (Å²) in [6, 6.07) is 9.96. The lowest BCUT2D eigenvalue weighted by Crippen LogP contribution is -2.40. The van der Waals surface area contributed by atoms with Gasteiger partial charge in [0.2, 0.25) is 10.0 Å². The Balaban J connectivity index is 1.72. The minimum atomic E-state index is -3.74. The molecule has 9 heteroatoms. The molecule has 2 aromatic carbocycles. The first-order valence-electron chi connectivity index (χ1n) is 9.78. The molecule has 2 aliphatic rings. The van der Waals surface area contributed by atoms with Crippen LogP contribution in [0.3, 0.4) is 0 Å². The minimum absolute atomic E-state index is 0.0504. The molecule has 2 heterocycles. The van der Waals surface area contributed by atoms with E-state index in [1.807, 2.05) is 18.2 Å². The molecular weight excluding hydrogens is 428 g/mol. The number of hydrogen-bond donors (Lipinski definition) is 0. The van der Waals surface area contributed by atoms with E-state index in [-0.39, 0.29) is 34.5 Å². The molecule has 0 aliphatic carbocycles. The Kier molecular flexibility index (Phi) is 6.02. The van der Waals surface area contributed by atoms with E-state index >= 15 is 0 Å². The van der Waals surface area contributed by atoms with Crippen molar-refractivity contribution in [3.05, 3.63) is 52.5 Å². The van der Waals surface area contributed by atoms with Gasteiger partial charge in [0.15, 0.2) is 0 Å². The van der Waals surface area contributed by atoms with Crippen molar-refractivity contribution in [3.63, 3.8) is 0 Å². The average Bonchev–Trinajstić information content (AvgIpc) is 2.78. The van der Waals surface area contributed by atoms with E-state index in [4.69, 9.17) is 21.1 Å². The van der Waals surface area contributed by atoms with Gasteiger partial charge in [-0.25, -0.2) is 8.42 Å². The van der Waals surface area contributed by atoms with E-state index < -0.39 is 10.0 Å². The number of carbonyl (C=O) groups excluding carboxylic acids is 1.